The van der Waals surface area contributed by atoms with E-state index in [1.165, 1.54) is 6.07 Å². The fourth-order valence-electron chi connectivity index (χ4n) is 0.739. The summed E-state index contributed by atoms with van der Waals surface area (Å²) in [6.07, 6.45) is -3.34. The minimum absolute atomic E-state index is 0. The zero-order valence-electron chi connectivity index (χ0n) is 6.75. The summed E-state index contributed by atoms with van der Waals surface area (Å²) in [4.78, 5) is 3.47. The number of hydrogen-bond donors (Lipinski definition) is 1. The quantitative estimate of drug-likeness (QED) is 0.828. The summed E-state index contributed by atoms with van der Waals surface area (Å²) in [5, 5.41) is 0.276. The summed E-state index contributed by atoms with van der Waals surface area (Å²) in [6, 6.07) is 0.417. The topological polar surface area (TPSA) is 38.9 Å². The van der Waals surface area contributed by atoms with Gasteiger partial charge in [-0.1, -0.05) is 11.6 Å². The largest absolute Gasteiger partial charge is 0.409 e. The van der Waals surface area contributed by atoms with E-state index in [1.807, 2.05) is 0 Å². The lowest BCUT2D eigenvalue weighted by molar-refractivity contribution is -0.150. The van der Waals surface area contributed by atoms with Gasteiger partial charge in [-0.3, -0.25) is 4.98 Å². The number of nitrogens with two attached hydrogens (primary N) is 1. The maximum Gasteiger partial charge on any atom is 0.409 e. The molecule has 1 heterocycles. The summed E-state index contributed by atoms with van der Waals surface area (Å²) in [5.74, 6) is 0. The van der Waals surface area contributed by atoms with E-state index >= 15 is 0 Å². The highest BCUT2D eigenvalue weighted by atomic mass is 35.5. The van der Waals surface area contributed by atoms with E-state index in [4.69, 9.17) is 17.3 Å². The van der Waals surface area contributed by atoms with Crippen molar-refractivity contribution >= 4 is 24.0 Å². The summed E-state index contributed by atoms with van der Waals surface area (Å²) < 4.78 is 36.1. The summed E-state index contributed by atoms with van der Waals surface area (Å²) >= 11 is 5.45. The molecule has 14 heavy (non-hydrogen) atoms. The predicted molar refractivity (Wildman–Crippen MR) is 49.5 cm³/mol. The van der Waals surface area contributed by atoms with Crippen LogP contribution in [0.5, 0.6) is 0 Å². The molecule has 1 atom stereocenters. The van der Waals surface area contributed by atoms with Crippen LogP contribution in [0.1, 0.15) is 11.7 Å². The Labute approximate surface area is 89.7 Å². The molecular weight excluding hydrogens is 240 g/mol. The van der Waals surface area contributed by atoms with Crippen LogP contribution in [-0.4, -0.2) is 11.2 Å². The summed E-state index contributed by atoms with van der Waals surface area (Å²) in [6.45, 7) is 0. The van der Waals surface area contributed by atoms with Crippen LogP contribution in [0.4, 0.5) is 13.2 Å². The molecule has 7 heteroatoms. The van der Waals surface area contributed by atoms with Crippen LogP contribution in [0.3, 0.4) is 0 Å². The van der Waals surface area contributed by atoms with Crippen LogP contribution < -0.4 is 5.73 Å². The average Bonchev–Trinajstić information content (AvgIpc) is 2.03. The molecule has 0 fully saturated rings. The summed E-state index contributed by atoms with van der Waals surface area (Å²) in [5.41, 5.74) is 4.65. The third kappa shape index (κ3) is 3.32. The third-order valence-electron chi connectivity index (χ3n) is 1.42. The van der Waals surface area contributed by atoms with Gasteiger partial charge in [0.15, 0.2) is 0 Å². The van der Waals surface area contributed by atoms with E-state index in [-0.39, 0.29) is 23.1 Å². The number of aromatic nitrogens is 1. The van der Waals surface area contributed by atoms with Crippen LogP contribution in [0, 0.1) is 0 Å². The van der Waals surface area contributed by atoms with Gasteiger partial charge >= 0.3 is 6.18 Å². The van der Waals surface area contributed by atoms with Gasteiger partial charge in [0, 0.05) is 6.20 Å². The van der Waals surface area contributed by atoms with Crippen LogP contribution in [0.25, 0.3) is 0 Å². The van der Waals surface area contributed by atoms with E-state index in [2.05, 4.69) is 4.98 Å². The van der Waals surface area contributed by atoms with Gasteiger partial charge in [0.25, 0.3) is 0 Å². The van der Waals surface area contributed by atoms with Crippen molar-refractivity contribution in [2.24, 2.45) is 5.73 Å². The van der Waals surface area contributed by atoms with E-state index in [0.717, 1.165) is 12.3 Å². The Kier molecular flexibility index (Phi) is 4.64. The SMILES string of the molecule is Cl.N[C@H](c1ccc(Cl)cn1)C(F)(F)F. The first kappa shape index (κ1) is 13.5. The normalized spacial score (nSPS) is 13.2. The summed E-state index contributed by atoms with van der Waals surface area (Å²) in [7, 11) is 0. The van der Waals surface area contributed by atoms with Crippen molar-refractivity contribution in [3.8, 4) is 0 Å². The molecule has 0 aliphatic heterocycles. The Hall–Kier alpha value is -0.520. The van der Waals surface area contributed by atoms with E-state index in [1.54, 1.807) is 0 Å². The molecule has 1 aromatic heterocycles. The molecule has 0 saturated heterocycles. The molecular formula is C7H7Cl2F3N2. The number of nitrogens with zero attached hydrogens (tertiary/aromatic N) is 1. The first-order valence-electron chi connectivity index (χ1n) is 3.35. The van der Waals surface area contributed by atoms with Crippen molar-refractivity contribution in [1.82, 2.24) is 4.98 Å². The lowest BCUT2D eigenvalue weighted by Crippen LogP contribution is -2.29. The monoisotopic (exact) mass is 246 g/mol. The van der Waals surface area contributed by atoms with Gasteiger partial charge in [-0.2, -0.15) is 13.2 Å². The van der Waals surface area contributed by atoms with Crippen LogP contribution in [0.2, 0.25) is 5.02 Å². The Morgan fingerprint density at radius 1 is 1.36 bits per heavy atom. The van der Waals surface area contributed by atoms with Crippen LogP contribution in [-0.2, 0) is 0 Å². The van der Waals surface area contributed by atoms with Gasteiger partial charge in [-0.25, -0.2) is 0 Å². The molecule has 0 spiro atoms. The highest BCUT2D eigenvalue weighted by molar-refractivity contribution is 6.30. The molecule has 0 saturated carbocycles. The first-order chi connectivity index (χ1) is 5.91. The second kappa shape index (κ2) is 4.82. The van der Waals surface area contributed by atoms with Crippen LogP contribution >= 0.6 is 24.0 Å². The fraction of sp³-hybridized carbons (Fsp3) is 0.286. The van der Waals surface area contributed by atoms with Gasteiger partial charge in [-0.05, 0) is 12.1 Å². The number of pyridine rings is 1. The lowest BCUT2D eigenvalue weighted by atomic mass is 10.2. The predicted octanol–water partition coefficient (Wildman–Crippen LogP) is 2.72. The average molecular weight is 247 g/mol. The number of halogens is 5. The maximum absolute atomic E-state index is 12.0. The Morgan fingerprint density at radius 3 is 2.29 bits per heavy atom. The maximum atomic E-state index is 12.0. The molecule has 0 aliphatic rings. The minimum atomic E-state index is -4.47. The number of hydrogen-bond acceptors (Lipinski definition) is 2. The molecule has 2 N–H and O–H groups in total. The number of rotatable bonds is 1. The molecule has 1 aromatic rings. The van der Waals surface area contributed by atoms with Crippen molar-refractivity contribution in [2.45, 2.75) is 12.2 Å². The van der Waals surface area contributed by atoms with Gasteiger partial charge in [0.05, 0.1) is 10.7 Å². The van der Waals surface area contributed by atoms with Crippen molar-refractivity contribution in [2.75, 3.05) is 0 Å². The molecule has 1 rings (SSSR count). The van der Waals surface area contributed by atoms with Crippen molar-refractivity contribution in [3.63, 3.8) is 0 Å². The smallest absolute Gasteiger partial charge is 0.315 e. The Balaban J connectivity index is 0.00000169. The van der Waals surface area contributed by atoms with Crippen molar-refractivity contribution in [3.05, 3.63) is 29.0 Å². The van der Waals surface area contributed by atoms with Gasteiger partial charge in [0.2, 0.25) is 0 Å². The molecule has 2 nitrogen and oxygen atoms in total. The standard InChI is InChI=1S/C7H6ClF3N2.ClH/c8-4-1-2-5(13-3-4)6(12)7(9,10)11;/h1-3,6H,12H2;1H/t6-;/m1./s1. The molecule has 0 unspecified atom stereocenters. The van der Waals surface area contributed by atoms with Gasteiger partial charge < -0.3 is 5.73 Å². The van der Waals surface area contributed by atoms with Gasteiger partial charge in [-0.15, -0.1) is 12.4 Å². The number of alkyl halides is 3. The van der Waals surface area contributed by atoms with Crippen LogP contribution in [0.15, 0.2) is 18.3 Å². The molecule has 0 aliphatic carbocycles. The van der Waals surface area contributed by atoms with Crippen molar-refractivity contribution in [1.29, 1.82) is 0 Å². The first-order valence-corrected chi connectivity index (χ1v) is 3.73. The van der Waals surface area contributed by atoms with E-state index in [9.17, 15) is 13.2 Å². The molecule has 80 valence electrons. The Bertz CT molecular complexity index is 286. The zero-order valence-corrected chi connectivity index (χ0v) is 8.33. The minimum Gasteiger partial charge on any atom is -0.315 e. The highest BCUT2D eigenvalue weighted by Gasteiger charge is 2.38. The fourth-order valence-corrected chi connectivity index (χ4v) is 0.851. The second-order valence-corrected chi connectivity index (χ2v) is 2.86. The van der Waals surface area contributed by atoms with Crippen molar-refractivity contribution < 1.29 is 13.2 Å². The van der Waals surface area contributed by atoms with E-state index < -0.39 is 12.2 Å². The molecule has 0 amide bonds. The van der Waals surface area contributed by atoms with E-state index in [0.29, 0.717) is 0 Å². The Morgan fingerprint density at radius 2 is 1.93 bits per heavy atom. The molecule has 0 radical (unpaired) electrons. The molecule has 0 aromatic carbocycles. The lowest BCUT2D eigenvalue weighted by Gasteiger charge is -2.14. The zero-order chi connectivity index (χ0) is 10.1. The third-order valence-corrected chi connectivity index (χ3v) is 1.65. The highest BCUT2D eigenvalue weighted by Crippen LogP contribution is 2.29. The second-order valence-electron chi connectivity index (χ2n) is 2.42. The van der Waals surface area contributed by atoms with Gasteiger partial charge in [0.1, 0.15) is 6.04 Å². The molecule has 0 bridgehead atoms.